The normalized spacial score (nSPS) is 20.5. The number of anilines is 2. The monoisotopic (exact) mass is 255 g/mol. The number of carbonyl (C=O) groups is 1. The molecule has 2 heterocycles. The number of amides is 1. The molecular formula is C11H17N3O2S. The fourth-order valence-corrected chi connectivity index (χ4v) is 2.87. The van der Waals surface area contributed by atoms with Gasteiger partial charge in [0.15, 0.2) is 0 Å². The van der Waals surface area contributed by atoms with Crippen LogP contribution in [0.3, 0.4) is 0 Å². The molecule has 1 amide bonds. The second kappa shape index (κ2) is 4.93. The molecule has 1 aliphatic rings. The number of thiophene rings is 1. The molecule has 0 radical (unpaired) electrons. The minimum atomic E-state index is -0.459. The summed E-state index contributed by atoms with van der Waals surface area (Å²) in [7, 11) is 0. The van der Waals surface area contributed by atoms with Crippen LogP contribution in [-0.4, -0.2) is 31.7 Å². The predicted molar refractivity (Wildman–Crippen MR) is 69.5 cm³/mol. The van der Waals surface area contributed by atoms with Crippen molar-refractivity contribution in [3.05, 3.63) is 10.9 Å². The summed E-state index contributed by atoms with van der Waals surface area (Å²) < 4.78 is 5.60. The summed E-state index contributed by atoms with van der Waals surface area (Å²) in [6.45, 7) is 4.48. The first-order chi connectivity index (χ1) is 8.11. The van der Waals surface area contributed by atoms with Gasteiger partial charge in [0.2, 0.25) is 0 Å². The Morgan fingerprint density at radius 3 is 3.06 bits per heavy atom. The largest absolute Gasteiger partial charge is 0.397 e. The highest BCUT2D eigenvalue weighted by molar-refractivity contribution is 7.18. The molecule has 5 nitrogen and oxygen atoms in total. The van der Waals surface area contributed by atoms with Gasteiger partial charge in [0, 0.05) is 13.1 Å². The summed E-state index contributed by atoms with van der Waals surface area (Å²) in [6.07, 6.45) is 1.24. The second-order valence-corrected chi connectivity index (χ2v) is 5.11. The van der Waals surface area contributed by atoms with Gasteiger partial charge >= 0.3 is 0 Å². The molecule has 1 aromatic heterocycles. The Hall–Kier alpha value is -1.27. The number of nitrogen functional groups attached to an aromatic ring is 1. The van der Waals surface area contributed by atoms with Gasteiger partial charge in [-0.15, -0.1) is 11.3 Å². The summed E-state index contributed by atoms with van der Waals surface area (Å²) in [5, 5.41) is 0.998. The molecule has 0 spiro atoms. The van der Waals surface area contributed by atoms with E-state index in [1.807, 2.05) is 6.07 Å². The van der Waals surface area contributed by atoms with Crippen molar-refractivity contribution in [2.45, 2.75) is 19.4 Å². The van der Waals surface area contributed by atoms with E-state index in [2.05, 4.69) is 11.8 Å². The molecule has 0 bridgehead atoms. The Morgan fingerprint density at radius 2 is 2.47 bits per heavy atom. The Morgan fingerprint density at radius 1 is 1.71 bits per heavy atom. The lowest BCUT2D eigenvalue weighted by molar-refractivity contribution is 0.0386. The van der Waals surface area contributed by atoms with Crippen LogP contribution in [0.25, 0.3) is 0 Å². The smallest absolute Gasteiger partial charge is 0.260 e. The van der Waals surface area contributed by atoms with Gasteiger partial charge in [0.1, 0.15) is 4.88 Å². The van der Waals surface area contributed by atoms with Crippen LogP contribution in [0, 0.1) is 0 Å². The second-order valence-electron chi connectivity index (χ2n) is 4.08. The summed E-state index contributed by atoms with van der Waals surface area (Å²) in [5.41, 5.74) is 11.5. The molecule has 1 atom stereocenters. The maximum absolute atomic E-state index is 11.1. The molecule has 1 fully saturated rings. The standard InChI is InChI=1S/C11H17N3O2S/c1-2-7-6-14(3-4-16-7)9-5-8(12)10(17-9)11(13)15/h5,7H,2-4,6,12H2,1H3,(H2,13,15). The van der Waals surface area contributed by atoms with E-state index in [9.17, 15) is 4.79 Å². The van der Waals surface area contributed by atoms with Crippen molar-refractivity contribution in [1.29, 1.82) is 0 Å². The lowest BCUT2D eigenvalue weighted by Crippen LogP contribution is -2.41. The van der Waals surface area contributed by atoms with Crippen LogP contribution in [0.5, 0.6) is 0 Å². The average molecular weight is 255 g/mol. The number of ether oxygens (including phenoxy) is 1. The third-order valence-electron chi connectivity index (χ3n) is 2.88. The number of rotatable bonds is 3. The number of morpholine rings is 1. The van der Waals surface area contributed by atoms with Crippen molar-refractivity contribution >= 4 is 27.9 Å². The van der Waals surface area contributed by atoms with E-state index in [-0.39, 0.29) is 6.10 Å². The van der Waals surface area contributed by atoms with Gasteiger partial charge in [0.05, 0.1) is 23.4 Å². The van der Waals surface area contributed by atoms with Gasteiger partial charge in [-0.2, -0.15) is 0 Å². The van der Waals surface area contributed by atoms with E-state index in [1.54, 1.807) is 0 Å². The zero-order valence-electron chi connectivity index (χ0n) is 9.81. The van der Waals surface area contributed by atoms with Crippen molar-refractivity contribution in [3.8, 4) is 0 Å². The van der Waals surface area contributed by atoms with E-state index < -0.39 is 5.91 Å². The number of carbonyl (C=O) groups excluding carboxylic acids is 1. The number of hydrogen-bond acceptors (Lipinski definition) is 5. The molecule has 1 unspecified atom stereocenters. The van der Waals surface area contributed by atoms with E-state index in [0.29, 0.717) is 17.2 Å². The topological polar surface area (TPSA) is 81.6 Å². The molecule has 0 aliphatic carbocycles. The van der Waals surface area contributed by atoms with Crippen molar-refractivity contribution < 1.29 is 9.53 Å². The first-order valence-corrected chi connectivity index (χ1v) is 6.49. The highest BCUT2D eigenvalue weighted by Gasteiger charge is 2.22. The number of nitrogens with zero attached hydrogens (tertiary/aromatic N) is 1. The molecule has 1 aromatic rings. The summed E-state index contributed by atoms with van der Waals surface area (Å²) in [4.78, 5) is 13.8. The number of nitrogens with two attached hydrogens (primary N) is 2. The van der Waals surface area contributed by atoms with Crippen molar-refractivity contribution in [2.75, 3.05) is 30.3 Å². The predicted octanol–water partition coefficient (Wildman–Crippen LogP) is 1.04. The molecule has 94 valence electrons. The minimum absolute atomic E-state index is 0.254. The van der Waals surface area contributed by atoms with Crippen molar-refractivity contribution in [3.63, 3.8) is 0 Å². The lowest BCUT2D eigenvalue weighted by Gasteiger charge is -2.33. The van der Waals surface area contributed by atoms with Gasteiger partial charge in [-0.05, 0) is 12.5 Å². The van der Waals surface area contributed by atoms with Gasteiger partial charge in [-0.3, -0.25) is 4.79 Å². The number of hydrogen-bond donors (Lipinski definition) is 2. The number of primary amides is 1. The van der Waals surface area contributed by atoms with Gasteiger partial charge in [-0.1, -0.05) is 6.92 Å². The molecule has 2 rings (SSSR count). The molecule has 0 aromatic carbocycles. The first-order valence-electron chi connectivity index (χ1n) is 5.67. The zero-order chi connectivity index (χ0) is 12.4. The molecule has 1 aliphatic heterocycles. The van der Waals surface area contributed by atoms with Crippen LogP contribution in [0.4, 0.5) is 10.7 Å². The van der Waals surface area contributed by atoms with Crippen molar-refractivity contribution in [1.82, 2.24) is 0 Å². The lowest BCUT2D eigenvalue weighted by atomic mass is 10.2. The maximum Gasteiger partial charge on any atom is 0.260 e. The molecule has 4 N–H and O–H groups in total. The van der Waals surface area contributed by atoms with Gasteiger partial charge < -0.3 is 21.1 Å². The van der Waals surface area contributed by atoms with E-state index in [1.165, 1.54) is 11.3 Å². The fourth-order valence-electron chi connectivity index (χ4n) is 1.91. The van der Waals surface area contributed by atoms with E-state index >= 15 is 0 Å². The first kappa shape index (κ1) is 12.2. The van der Waals surface area contributed by atoms with Crippen LogP contribution >= 0.6 is 11.3 Å². The Bertz CT molecular complexity index is 419. The summed E-state index contributed by atoms with van der Waals surface area (Å²) >= 11 is 1.36. The highest BCUT2D eigenvalue weighted by Crippen LogP contribution is 2.32. The SMILES string of the molecule is CCC1CN(c2cc(N)c(C(N)=O)s2)CCO1. The molecule has 0 saturated carbocycles. The molecule has 17 heavy (non-hydrogen) atoms. The Balaban J connectivity index is 2.16. The van der Waals surface area contributed by atoms with Crippen LogP contribution < -0.4 is 16.4 Å². The van der Waals surface area contributed by atoms with E-state index in [0.717, 1.165) is 24.5 Å². The van der Waals surface area contributed by atoms with E-state index in [4.69, 9.17) is 16.2 Å². The summed E-state index contributed by atoms with van der Waals surface area (Å²) in [6, 6.07) is 1.82. The van der Waals surface area contributed by atoms with Crippen LogP contribution in [0.2, 0.25) is 0 Å². The average Bonchev–Trinajstić information content (AvgIpc) is 2.71. The Labute approximate surface area is 104 Å². The molecule has 1 saturated heterocycles. The van der Waals surface area contributed by atoms with Crippen LogP contribution in [0.15, 0.2) is 6.07 Å². The van der Waals surface area contributed by atoms with Gasteiger partial charge in [0.25, 0.3) is 5.91 Å². The van der Waals surface area contributed by atoms with Gasteiger partial charge in [-0.25, -0.2) is 0 Å². The summed E-state index contributed by atoms with van der Waals surface area (Å²) in [5.74, 6) is -0.459. The molecule has 6 heteroatoms. The van der Waals surface area contributed by atoms with Crippen molar-refractivity contribution in [2.24, 2.45) is 5.73 Å². The molecular weight excluding hydrogens is 238 g/mol. The van der Waals surface area contributed by atoms with Crippen LogP contribution in [0.1, 0.15) is 23.0 Å². The van der Waals surface area contributed by atoms with Crippen LogP contribution in [-0.2, 0) is 4.74 Å². The minimum Gasteiger partial charge on any atom is -0.397 e. The quantitative estimate of drug-likeness (QED) is 0.845. The third-order valence-corrected chi connectivity index (χ3v) is 4.10. The zero-order valence-corrected chi connectivity index (χ0v) is 10.6. The fraction of sp³-hybridized carbons (Fsp3) is 0.545. The maximum atomic E-state index is 11.1. The third kappa shape index (κ3) is 2.53. The Kier molecular flexibility index (Phi) is 3.54. The highest BCUT2D eigenvalue weighted by atomic mass is 32.1.